The van der Waals surface area contributed by atoms with Gasteiger partial charge >= 0.3 is 0 Å². The van der Waals surface area contributed by atoms with Gasteiger partial charge in [-0.15, -0.1) is 22.7 Å². The Morgan fingerprint density at radius 2 is 2.12 bits per heavy atom. The third kappa shape index (κ3) is 2.88. The van der Waals surface area contributed by atoms with Crippen molar-refractivity contribution in [2.24, 2.45) is 0 Å². The number of hydrogen-bond donors (Lipinski definition) is 0. The molecule has 0 saturated carbocycles. The van der Waals surface area contributed by atoms with Gasteiger partial charge in [-0.05, 0) is 37.3 Å². The predicted molar refractivity (Wildman–Crippen MR) is 76.7 cm³/mol. The van der Waals surface area contributed by atoms with E-state index in [1.165, 1.54) is 27.1 Å². The Labute approximate surface area is 111 Å². The van der Waals surface area contributed by atoms with Crippen molar-refractivity contribution in [2.75, 3.05) is 0 Å². The molecule has 0 amide bonds. The van der Waals surface area contributed by atoms with Gasteiger partial charge in [-0.1, -0.05) is 20.3 Å². The molecular formula is C14H16NS2. The number of nitrogens with zero attached hydrogens (tertiary/aromatic N) is 1. The van der Waals surface area contributed by atoms with Crippen LogP contribution in [0.2, 0.25) is 0 Å². The first-order valence-corrected chi connectivity index (χ1v) is 7.63. The topological polar surface area (TPSA) is 23.8 Å². The number of fused-ring (bicyclic) bond motifs is 1. The van der Waals surface area contributed by atoms with Crippen molar-refractivity contribution in [1.29, 1.82) is 5.26 Å². The number of thiophene rings is 2. The van der Waals surface area contributed by atoms with Crippen molar-refractivity contribution in [3.05, 3.63) is 28.3 Å². The van der Waals surface area contributed by atoms with Gasteiger partial charge in [-0.3, -0.25) is 0 Å². The largest absolute Gasteiger partial charge is 0.192 e. The molecule has 1 atom stereocenters. The molecule has 2 aromatic heterocycles. The number of nitriles is 1. The van der Waals surface area contributed by atoms with Gasteiger partial charge in [0.2, 0.25) is 0 Å². The average molecular weight is 262 g/mol. The lowest BCUT2D eigenvalue weighted by atomic mass is 10.0. The molecule has 0 bridgehead atoms. The normalized spacial score (nSPS) is 12.8. The summed E-state index contributed by atoms with van der Waals surface area (Å²) < 4.78 is 2.54. The van der Waals surface area contributed by atoms with E-state index in [-0.39, 0.29) is 0 Å². The van der Waals surface area contributed by atoms with Crippen LogP contribution in [0.3, 0.4) is 0 Å². The monoisotopic (exact) mass is 262 g/mol. The molecule has 2 aromatic rings. The average Bonchev–Trinajstić information content (AvgIpc) is 2.86. The highest BCUT2D eigenvalue weighted by atomic mass is 32.1. The maximum Gasteiger partial charge on any atom is 0.110 e. The summed E-state index contributed by atoms with van der Waals surface area (Å²) >= 11 is 3.45. The molecule has 1 radical (unpaired) electrons. The number of hydrogen-bond acceptors (Lipinski definition) is 3. The van der Waals surface area contributed by atoms with E-state index >= 15 is 0 Å². The van der Waals surface area contributed by atoms with Crippen LogP contribution in [-0.4, -0.2) is 0 Å². The summed E-state index contributed by atoms with van der Waals surface area (Å²) in [5, 5.41) is 8.84. The Kier molecular flexibility index (Phi) is 4.20. The Hall–Kier alpha value is -0.850. The minimum atomic E-state index is 0.632. The first kappa shape index (κ1) is 12.6. The van der Waals surface area contributed by atoms with Crippen molar-refractivity contribution in [3.8, 4) is 6.07 Å². The highest BCUT2D eigenvalue weighted by molar-refractivity contribution is 7.28. The lowest BCUT2D eigenvalue weighted by Gasteiger charge is -2.07. The van der Waals surface area contributed by atoms with Gasteiger partial charge in [0.25, 0.3) is 0 Å². The van der Waals surface area contributed by atoms with E-state index < -0.39 is 0 Å². The van der Waals surface area contributed by atoms with E-state index in [4.69, 9.17) is 5.26 Å². The molecule has 0 aromatic carbocycles. The van der Waals surface area contributed by atoms with Gasteiger partial charge in [0.05, 0.1) is 0 Å². The molecule has 0 spiro atoms. The van der Waals surface area contributed by atoms with Crippen LogP contribution in [0.25, 0.3) is 9.40 Å². The molecule has 1 unspecified atom stereocenters. The van der Waals surface area contributed by atoms with Crippen LogP contribution in [0.4, 0.5) is 0 Å². The van der Waals surface area contributed by atoms with Crippen LogP contribution in [-0.2, 0) is 0 Å². The standard InChI is InChI=1S/C14H16NS2/c1-3-4-5-6-10(2)12-8-14-13(17-12)7-11(9-15)16-14/h4,7-8,10H,3,5-6H2,1-2H3. The van der Waals surface area contributed by atoms with Crippen molar-refractivity contribution in [2.45, 2.75) is 39.0 Å². The maximum absolute atomic E-state index is 8.84. The fourth-order valence-corrected chi connectivity index (χ4v) is 4.16. The molecule has 0 N–H and O–H groups in total. The zero-order valence-electron chi connectivity index (χ0n) is 10.2. The van der Waals surface area contributed by atoms with E-state index in [0.29, 0.717) is 5.92 Å². The molecule has 0 aliphatic rings. The highest BCUT2D eigenvalue weighted by Gasteiger charge is 2.11. The van der Waals surface area contributed by atoms with Crippen LogP contribution in [0.1, 0.15) is 48.8 Å². The summed E-state index contributed by atoms with van der Waals surface area (Å²) in [7, 11) is 0. The Balaban J connectivity index is 2.08. The van der Waals surface area contributed by atoms with Crippen molar-refractivity contribution < 1.29 is 0 Å². The summed E-state index contributed by atoms with van der Waals surface area (Å²) in [6.07, 6.45) is 5.94. The van der Waals surface area contributed by atoms with E-state index in [1.54, 1.807) is 11.3 Å². The number of unbranched alkanes of at least 4 members (excludes halogenated alkanes) is 2. The third-order valence-corrected chi connectivity index (χ3v) is 5.34. The fourth-order valence-electron chi connectivity index (χ4n) is 1.87. The highest BCUT2D eigenvalue weighted by Crippen LogP contribution is 2.37. The minimum absolute atomic E-state index is 0.632. The summed E-state index contributed by atoms with van der Waals surface area (Å²) in [4.78, 5) is 2.28. The zero-order valence-corrected chi connectivity index (χ0v) is 11.8. The molecule has 17 heavy (non-hydrogen) atoms. The van der Waals surface area contributed by atoms with Crippen molar-refractivity contribution >= 4 is 32.1 Å². The molecule has 0 aliphatic heterocycles. The van der Waals surface area contributed by atoms with E-state index in [0.717, 1.165) is 11.3 Å². The molecule has 2 heterocycles. The SMILES string of the molecule is CC[CH]CCC(C)c1cc2sc(C#N)cc2s1. The molecule has 0 saturated heterocycles. The molecule has 0 fully saturated rings. The lowest BCUT2D eigenvalue weighted by molar-refractivity contribution is 0.673. The maximum atomic E-state index is 8.84. The van der Waals surface area contributed by atoms with E-state index in [2.05, 4.69) is 32.4 Å². The number of rotatable bonds is 5. The smallest absolute Gasteiger partial charge is 0.110 e. The van der Waals surface area contributed by atoms with Gasteiger partial charge in [0.15, 0.2) is 0 Å². The molecule has 0 aliphatic carbocycles. The van der Waals surface area contributed by atoms with Crippen LogP contribution in [0.15, 0.2) is 12.1 Å². The second-order valence-corrected chi connectivity index (χ2v) is 6.47. The molecule has 1 nitrogen and oxygen atoms in total. The van der Waals surface area contributed by atoms with E-state index in [9.17, 15) is 0 Å². The summed E-state index contributed by atoms with van der Waals surface area (Å²) in [5.41, 5.74) is 0. The van der Waals surface area contributed by atoms with Crippen LogP contribution < -0.4 is 0 Å². The summed E-state index contributed by atoms with van der Waals surface area (Å²) in [6.45, 7) is 4.49. The summed E-state index contributed by atoms with van der Waals surface area (Å²) in [5.74, 6) is 0.632. The molecular weight excluding hydrogens is 246 g/mol. The van der Waals surface area contributed by atoms with Crippen LogP contribution >= 0.6 is 22.7 Å². The third-order valence-electron chi connectivity index (χ3n) is 2.91. The minimum Gasteiger partial charge on any atom is -0.192 e. The zero-order chi connectivity index (χ0) is 12.3. The predicted octanol–water partition coefficient (Wildman–Crippen LogP) is 5.33. The van der Waals surface area contributed by atoms with Gasteiger partial charge in [-0.2, -0.15) is 5.26 Å². The Morgan fingerprint density at radius 1 is 1.35 bits per heavy atom. The summed E-state index contributed by atoms with van der Waals surface area (Å²) in [6, 6.07) is 6.49. The van der Waals surface area contributed by atoms with Gasteiger partial charge in [0.1, 0.15) is 10.9 Å². The van der Waals surface area contributed by atoms with Crippen LogP contribution in [0, 0.1) is 17.8 Å². The van der Waals surface area contributed by atoms with Crippen molar-refractivity contribution in [3.63, 3.8) is 0 Å². The molecule has 89 valence electrons. The van der Waals surface area contributed by atoms with Gasteiger partial charge < -0.3 is 0 Å². The second-order valence-electron chi connectivity index (χ2n) is 4.28. The Bertz CT molecular complexity index is 498. The molecule has 2 rings (SSSR count). The Morgan fingerprint density at radius 3 is 2.76 bits per heavy atom. The van der Waals surface area contributed by atoms with Gasteiger partial charge in [-0.25, -0.2) is 0 Å². The first-order valence-electron chi connectivity index (χ1n) is 5.99. The lowest BCUT2D eigenvalue weighted by Crippen LogP contribution is -1.89. The molecule has 3 heteroatoms. The second kappa shape index (κ2) is 5.66. The first-order chi connectivity index (χ1) is 8.24. The van der Waals surface area contributed by atoms with Crippen molar-refractivity contribution in [1.82, 2.24) is 0 Å². The quantitative estimate of drug-likeness (QED) is 0.668. The van der Waals surface area contributed by atoms with Crippen LogP contribution in [0.5, 0.6) is 0 Å². The van der Waals surface area contributed by atoms with Gasteiger partial charge in [0, 0.05) is 14.3 Å². The van der Waals surface area contributed by atoms with E-state index in [1.807, 2.05) is 17.4 Å². The fraction of sp³-hybridized carbons (Fsp3) is 0.429.